The standard InChI is InChI=1S/C16H19NO4.C9H16N2/c1-20-15(18)11-13-7-9-17(10-8-13)16(19)21-12-14-5-3-2-4-6-14;1-2-5-9-10-6-4-8-11(9)7-3-1/h2-7H,8-12H2,1H3;1-8H2. The molecule has 0 aromatic heterocycles. The first kappa shape index (κ1) is 23.8. The van der Waals surface area contributed by atoms with Gasteiger partial charge < -0.3 is 19.3 Å². The second kappa shape index (κ2) is 12.9. The van der Waals surface area contributed by atoms with E-state index < -0.39 is 0 Å². The van der Waals surface area contributed by atoms with Gasteiger partial charge in [0.05, 0.1) is 19.4 Å². The molecule has 4 rings (SSSR count). The average Bonchev–Trinajstić information content (AvgIpc) is 3.09. The van der Waals surface area contributed by atoms with E-state index in [4.69, 9.17) is 4.74 Å². The summed E-state index contributed by atoms with van der Waals surface area (Å²) in [6.07, 6.45) is 9.17. The largest absolute Gasteiger partial charge is 0.469 e. The molecule has 0 aliphatic carbocycles. The third-order valence-electron chi connectivity index (χ3n) is 5.94. The van der Waals surface area contributed by atoms with Crippen molar-refractivity contribution in [3.8, 4) is 0 Å². The number of carbonyl (C=O) groups is 2. The number of methoxy groups -OCH3 is 1. The van der Waals surface area contributed by atoms with Gasteiger partial charge in [0.15, 0.2) is 0 Å². The SMILES string of the molecule is C1CCC2=NCCCN2CC1.COC(=O)CC1=CCN(C(=O)OCc2ccccc2)CC1. The third kappa shape index (κ3) is 7.70. The van der Waals surface area contributed by atoms with Crippen molar-refractivity contribution in [3.05, 3.63) is 47.5 Å². The second-order valence-electron chi connectivity index (χ2n) is 8.30. The van der Waals surface area contributed by atoms with Crippen molar-refractivity contribution in [2.45, 2.75) is 51.6 Å². The molecule has 0 spiro atoms. The van der Waals surface area contributed by atoms with Crippen LogP contribution in [-0.4, -0.2) is 67.5 Å². The molecule has 0 bridgehead atoms. The van der Waals surface area contributed by atoms with Crippen molar-refractivity contribution in [3.63, 3.8) is 0 Å². The number of ether oxygens (including phenoxy) is 2. The van der Waals surface area contributed by atoms with Gasteiger partial charge in [0.2, 0.25) is 0 Å². The molecule has 174 valence electrons. The minimum absolute atomic E-state index is 0.249. The van der Waals surface area contributed by atoms with E-state index >= 15 is 0 Å². The predicted molar refractivity (Wildman–Crippen MR) is 124 cm³/mol. The predicted octanol–water partition coefficient (Wildman–Crippen LogP) is 4.18. The smallest absolute Gasteiger partial charge is 0.410 e. The Kier molecular flexibility index (Phi) is 9.60. The quantitative estimate of drug-likeness (QED) is 0.518. The Morgan fingerprint density at radius 1 is 1.00 bits per heavy atom. The number of amides is 1. The molecule has 0 N–H and O–H groups in total. The molecule has 3 aliphatic rings. The minimum Gasteiger partial charge on any atom is -0.469 e. The first-order chi connectivity index (χ1) is 15.7. The molecule has 0 radical (unpaired) electrons. The normalized spacial score (nSPS) is 18.2. The maximum absolute atomic E-state index is 11.9. The lowest BCUT2D eigenvalue weighted by Gasteiger charge is -2.27. The number of esters is 1. The van der Waals surface area contributed by atoms with Gasteiger partial charge in [-0.2, -0.15) is 0 Å². The molecule has 0 saturated carbocycles. The Labute approximate surface area is 191 Å². The number of hydrogen-bond acceptors (Lipinski definition) is 6. The summed E-state index contributed by atoms with van der Waals surface area (Å²) < 4.78 is 9.90. The number of aliphatic imine (C=N–C) groups is 1. The summed E-state index contributed by atoms with van der Waals surface area (Å²) in [6, 6.07) is 9.57. The molecular weight excluding hydrogens is 406 g/mol. The Balaban J connectivity index is 0.000000219. The summed E-state index contributed by atoms with van der Waals surface area (Å²) in [5.41, 5.74) is 1.97. The molecule has 7 nitrogen and oxygen atoms in total. The Morgan fingerprint density at radius 2 is 1.81 bits per heavy atom. The van der Waals surface area contributed by atoms with E-state index in [2.05, 4.69) is 14.6 Å². The fraction of sp³-hybridized carbons (Fsp3) is 0.560. The first-order valence-corrected chi connectivity index (χ1v) is 11.6. The summed E-state index contributed by atoms with van der Waals surface area (Å²) >= 11 is 0. The number of nitrogens with zero attached hydrogens (tertiary/aromatic N) is 3. The van der Waals surface area contributed by atoms with Crippen LogP contribution in [0.4, 0.5) is 4.79 Å². The highest BCUT2D eigenvalue weighted by atomic mass is 16.6. The number of rotatable bonds is 4. The fourth-order valence-corrected chi connectivity index (χ4v) is 4.05. The van der Waals surface area contributed by atoms with Gasteiger partial charge in [0.25, 0.3) is 0 Å². The van der Waals surface area contributed by atoms with Crippen molar-refractivity contribution in [1.82, 2.24) is 9.80 Å². The van der Waals surface area contributed by atoms with Crippen molar-refractivity contribution < 1.29 is 19.1 Å². The Hall–Kier alpha value is -2.83. The van der Waals surface area contributed by atoms with Gasteiger partial charge in [0, 0.05) is 39.1 Å². The number of hydrogen-bond donors (Lipinski definition) is 0. The van der Waals surface area contributed by atoms with E-state index in [0.29, 0.717) is 25.9 Å². The summed E-state index contributed by atoms with van der Waals surface area (Å²) in [4.78, 5) is 31.8. The van der Waals surface area contributed by atoms with E-state index in [1.807, 2.05) is 36.4 Å². The molecule has 1 saturated heterocycles. The van der Waals surface area contributed by atoms with Crippen molar-refractivity contribution in [2.75, 3.05) is 39.8 Å². The summed E-state index contributed by atoms with van der Waals surface area (Å²) in [5, 5.41) is 0. The number of carbonyl (C=O) groups excluding carboxylic acids is 2. The molecule has 7 heteroatoms. The van der Waals surface area contributed by atoms with Gasteiger partial charge in [-0.3, -0.25) is 9.79 Å². The summed E-state index contributed by atoms with van der Waals surface area (Å²) in [6.45, 7) is 4.91. The van der Waals surface area contributed by atoms with Crippen LogP contribution in [0.3, 0.4) is 0 Å². The van der Waals surface area contributed by atoms with Gasteiger partial charge in [-0.05, 0) is 31.2 Å². The van der Waals surface area contributed by atoms with Crippen molar-refractivity contribution in [1.29, 1.82) is 0 Å². The average molecular weight is 442 g/mol. The molecule has 3 heterocycles. The van der Waals surface area contributed by atoms with Gasteiger partial charge in [-0.15, -0.1) is 0 Å². The van der Waals surface area contributed by atoms with Gasteiger partial charge >= 0.3 is 12.1 Å². The maximum atomic E-state index is 11.9. The molecule has 1 fully saturated rings. The first-order valence-electron chi connectivity index (χ1n) is 11.6. The van der Waals surface area contributed by atoms with E-state index in [1.165, 1.54) is 58.1 Å². The topological polar surface area (TPSA) is 71.4 Å². The highest BCUT2D eigenvalue weighted by molar-refractivity contribution is 5.83. The molecule has 0 unspecified atom stereocenters. The molecule has 1 amide bonds. The molecular formula is C25H35N3O4. The summed E-state index contributed by atoms with van der Waals surface area (Å²) in [7, 11) is 1.37. The number of benzene rings is 1. The maximum Gasteiger partial charge on any atom is 0.410 e. The summed E-state index contributed by atoms with van der Waals surface area (Å²) in [5.74, 6) is 1.15. The van der Waals surface area contributed by atoms with Crippen LogP contribution in [0, 0.1) is 0 Å². The highest BCUT2D eigenvalue weighted by Crippen LogP contribution is 2.16. The zero-order chi connectivity index (χ0) is 22.6. The zero-order valence-corrected chi connectivity index (χ0v) is 19.1. The van der Waals surface area contributed by atoms with Gasteiger partial charge in [-0.25, -0.2) is 4.79 Å². The van der Waals surface area contributed by atoms with E-state index in [9.17, 15) is 9.59 Å². The lowest BCUT2D eigenvalue weighted by atomic mass is 10.1. The zero-order valence-electron chi connectivity index (χ0n) is 19.1. The monoisotopic (exact) mass is 441 g/mol. The molecule has 1 aromatic rings. The van der Waals surface area contributed by atoms with Crippen molar-refractivity contribution in [2.24, 2.45) is 4.99 Å². The highest BCUT2D eigenvalue weighted by Gasteiger charge is 2.20. The fourth-order valence-electron chi connectivity index (χ4n) is 4.05. The van der Waals surface area contributed by atoms with E-state index in [-0.39, 0.29) is 18.7 Å². The third-order valence-corrected chi connectivity index (χ3v) is 5.94. The lowest BCUT2D eigenvalue weighted by molar-refractivity contribution is -0.139. The van der Waals surface area contributed by atoms with Crippen LogP contribution in [0.15, 0.2) is 47.0 Å². The molecule has 1 aromatic carbocycles. The minimum atomic E-state index is -0.327. The van der Waals surface area contributed by atoms with Crippen LogP contribution in [0.1, 0.15) is 50.5 Å². The molecule has 32 heavy (non-hydrogen) atoms. The molecule has 3 aliphatic heterocycles. The van der Waals surface area contributed by atoms with E-state index in [0.717, 1.165) is 17.7 Å². The van der Waals surface area contributed by atoms with Crippen LogP contribution < -0.4 is 0 Å². The lowest BCUT2D eigenvalue weighted by Crippen LogP contribution is -2.35. The van der Waals surface area contributed by atoms with Crippen molar-refractivity contribution >= 4 is 17.9 Å². The Morgan fingerprint density at radius 3 is 2.56 bits per heavy atom. The van der Waals surface area contributed by atoms with Crippen LogP contribution >= 0.6 is 0 Å². The van der Waals surface area contributed by atoms with Crippen LogP contribution in [0.25, 0.3) is 0 Å². The van der Waals surface area contributed by atoms with Gasteiger partial charge in [0.1, 0.15) is 6.61 Å². The second-order valence-corrected chi connectivity index (χ2v) is 8.30. The van der Waals surface area contributed by atoms with E-state index in [1.54, 1.807) is 4.90 Å². The van der Waals surface area contributed by atoms with Crippen LogP contribution in [0.5, 0.6) is 0 Å². The number of fused-ring (bicyclic) bond motifs is 1. The van der Waals surface area contributed by atoms with Crippen LogP contribution in [0.2, 0.25) is 0 Å². The Bertz CT molecular complexity index is 807. The van der Waals surface area contributed by atoms with Gasteiger partial charge in [-0.1, -0.05) is 48.4 Å². The number of amidine groups is 1. The molecule has 0 atom stereocenters. The van der Waals surface area contributed by atoms with Crippen LogP contribution in [-0.2, 0) is 20.9 Å².